The van der Waals surface area contributed by atoms with Gasteiger partial charge in [0.05, 0.1) is 22.7 Å². The smallest absolute Gasteiger partial charge is 0.276 e. The molecule has 0 saturated carbocycles. The second-order valence-electron chi connectivity index (χ2n) is 4.88. The number of likely N-dealkylation sites (N-methyl/N-ethyl adjacent to an activating group) is 1. The zero-order valence-corrected chi connectivity index (χ0v) is 11.8. The Labute approximate surface area is 116 Å². The number of aromatic nitrogens is 1. The molecule has 0 radical (unpaired) electrons. The van der Waals surface area contributed by atoms with Gasteiger partial charge >= 0.3 is 0 Å². The first-order chi connectivity index (χ1) is 8.69. The van der Waals surface area contributed by atoms with Gasteiger partial charge in [-0.2, -0.15) is 0 Å². The number of nitro groups is 1. The highest BCUT2D eigenvalue weighted by atomic mass is 35.5. The van der Waals surface area contributed by atoms with Crippen molar-refractivity contribution >= 4 is 23.1 Å². The minimum atomic E-state index is -0.984. The monoisotopic (exact) mass is 288 g/mol. The molecule has 2 N–H and O–H groups in total. The van der Waals surface area contributed by atoms with Crippen molar-refractivity contribution in [3.8, 4) is 0 Å². The van der Waals surface area contributed by atoms with Gasteiger partial charge in [0.25, 0.3) is 5.69 Å². The van der Waals surface area contributed by atoms with E-state index in [9.17, 15) is 15.2 Å². The Morgan fingerprint density at radius 2 is 2.21 bits per heavy atom. The van der Waals surface area contributed by atoms with Gasteiger partial charge in [0.2, 0.25) is 0 Å². The molecule has 0 fully saturated rings. The number of hydrogen-bond donors (Lipinski definition) is 2. The fourth-order valence-electron chi connectivity index (χ4n) is 1.70. The minimum absolute atomic E-state index is 0.0314. The lowest BCUT2D eigenvalue weighted by atomic mass is 10.1. The first kappa shape index (κ1) is 15.6. The lowest BCUT2D eigenvalue weighted by Gasteiger charge is -2.27. The Morgan fingerprint density at radius 3 is 2.74 bits per heavy atom. The summed E-state index contributed by atoms with van der Waals surface area (Å²) in [5, 5.41) is 23.7. The number of nitrogens with one attached hydrogen (secondary N) is 1. The Hall–Kier alpha value is -1.44. The van der Waals surface area contributed by atoms with Crippen molar-refractivity contribution in [3.63, 3.8) is 0 Å². The van der Waals surface area contributed by atoms with Crippen LogP contribution in [0.4, 0.5) is 11.5 Å². The largest absolute Gasteiger partial charge is 0.387 e. The topological polar surface area (TPSA) is 91.5 Å². The van der Waals surface area contributed by atoms with Crippen LogP contribution in [0.3, 0.4) is 0 Å². The Kier molecular flexibility index (Phi) is 5.04. The van der Waals surface area contributed by atoms with E-state index in [1.807, 2.05) is 19.0 Å². The van der Waals surface area contributed by atoms with Crippen LogP contribution >= 0.6 is 11.6 Å². The second kappa shape index (κ2) is 6.14. The van der Waals surface area contributed by atoms with E-state index < -0.39 is 10.5 Å². The maximum atomic E-state index is 10.7. The van der Waals surface area contributed by atoms with Gasteiger partial charge in [0, 0.05) is 13.1 Å². The number of nitrogens with zero attached hydrogens (tertiary/aromatic N) is 3. The standard InChI is InChI=1S/C11H17ClN4O3/c1-11(17,7-15(2)3)6-13-10-5-8(16(18)19)4-9(12)14-10/h4-5,17H,6-7H2,1-3H3,(H,13,14). The molecular formula is C11H17ClN4O3. The summed E-state index contributed by atoms with van der Waals surface area (Å²) >= 11 is 5.70. The number of rotatable bonds is 6. The predicted molar refractivity (Wildman–Crippen MR) is 73.6 cm³/mol. The van der Waals surface area contributed by atoms with Crippen LogP contribution in [-0.4, -0.2) is 52.7 Å². The van der Waals surface area contributed by atoms with E-state index in [0.717, 1.165) is 0 Å². The fraction of sp³-hybridized carbons (Fsp3) is 0.545. The molecule has 0 aliphatic heterocycles. The van der Waals surface area contributed by atoms with Crippen LogP contribution in [0.5, 0.6) is 0 Å². The number of aliphatic hydroxyl groups is 1. The predicted octanol–water partition coefficient (Wildman–Crippen LogP) is 1.37. The van der Waals surface area contributed by atoms with Crippen molar-refractivity contribution in [2.24, 2.45) is 0 Å². The van der Waals surface area contributed by atoms with Crippen molar-refractivity contribution < 1.29 is 10.0 Å². The molecule has 1 aromatic rings. The summed E-state index contributed by atoms with van der Waals surface area (Å²) in [5.41, 5.74) is -1.13. The molecule has 7 nitrogen and oxygen atoms in total. The lowest BCUT2D eigenvalue weighted by Crippen LogP contribution is -2.43. The molecule has 0 aliphatic rings. The van der Waals surface area contributed by atoms with Crippen molar-refractivity contribution in [1.82, 2.24) is 9.88 Å². The third-order valence-electron chi connectivity index (χ3n) is 2.30. The number of pyridine rings is 1. The first-order valence-corrected chi connectivity index (χ1v) is 6.00. The van der Waals surface area contributed by atoms with Gasteiger partial charge in [0.1, 0.15) is 11.0 Å². The van der Waals surface area contributed by atoms with Gasteiger partial charge in [0.15, 0.2) is 0 Å². The molecule has 1 heterocycles. The van der Waals surface area contributed by atoms with Crippen LogP contribution in [-0.2, 0) is 0 Å². The highest BCUT2D eigenvalue weighted by Crippen LogP contribution is 2.21. The average Bonchev–Trinajstić information content (AvgIpc) is 2.24. The summed E-state index contributed by atoms with van der Waals surface area (Å²) in [6.45, 7) is 2.32. The molecule has 1 rings (SSSR count). The molecule has 19 heavy (non-hydrogen) atoms. The van der Waals surface area contributed by atoms with Gasteiger partial charge in [-0.25, -0.2) is 4.98 Å². The summed E-state index contributed by atoms with van der Waals surface area (Å²) in [5.74, 6) is 0.262. The molecule has 0 bridgehead atoms. The number of hydrogen-bond acceptors (Lipinski definition) is 6. The zero-order chi connectivity index (χ0) is 14.6. The maximum absolute atomic E-state index is 10.7. The van der Waals surface area contributed by atoms with Gasteiger partial charge < -0.3 is 15.3 Å². The number of halogens is 1. The minimum Gasteiger partial charge on any atom is -0.387 e. The lowest BCUT2D eigenvalue weighted by molar-refractivity contribution is -0.384. The molecule has 0 aliphatic carbocycles. The van der Waals surface area contributed by atoms with Gasteiger partial charge in [-0.15, -0.1) is 0 Å². The van der Waals surface area contributed by atoms with E-state index in [1.54, 1.807) is 6.92 Å². The molecule has 8 heteroatoms. The van der Waals surface area contributed by atoms with E-state index in [0.29, 0.717) is 6.54 Å². The van der Waals surface area contributed by atoms with E-state index in [1.165, 1.54) is 12.1 Å². The van der Waals surface area contributed by atoms with Crippen LogP contribution in [0.2, 0.25) is 5.15 Å². The van der Waals surface area contributed by atoms with Crippen molar-refractivity contribution in [1.29, 1.82) is 0 Å². The van der Waals surface area contributed by atoms with E-state index in [4.69, 9.17) is 11.6 Å². The molecule has 0 saturated heterocycles. The molecule has 106 valence electrons. The van der Waals surface area contributed by atoms with E-state index in [2.05, 4.69) is 10.3 Å². The van der Waals surface area contributed by atoms with Gasteiger partial charge in [-0.05, 0) is 21.0 Å². The maximum Gasteiger partial charge on any atom is 0.276 e. The average molecular weight is 289 g/mol. The molecule has 0 amide bonds. The molecule has 0 aromatic carbocycles. The summed E-state index contributed by atoms with van der Waals surface area (Å²) in [4.78, 5) is 15.9. The quantitative estimate of drug-likeness (QED) is 0.467. The van der Waals surface area contributed by atoms with E-state index >= 15 is 0 Å². The van der Waals surface area contributed by atoms with Crippen molar-refractivity contribution in [2.45, 2.75) is 12.5 Å². The summed E-state index contributed by atoms with van der Waals surface area (Å²) < 4.78 is 0. The summed E-state index contributed by atoms with van der Waals surface area (Å²) in [7, 11) is 3.69. The van der Waals surface area contributed by atoms with Crippen LogP contribution in [0, 0.1) is 10.1 Å². The summed E-state index contributed by atoms with van der Waals surface area (Å²) in [6, 6.07) is 2.45. The molecule has 1 unspecified atom stereocenters. The SMILES string of the molecule is CN(C)CC(C)(O)CNc1cc([N+](=O)[O-])cc(Cl)n1. The summed E-state index contributed by atoms with van der Waals surface area (Å²) in [6.07, 6.45) is 0. The molecular weight excluding hydrogens is 272 g/mol. The Bertz CT molecular complexity index is 465. The molecule has 1 aromatic heterocycles. The third kappa shape index (κ3) is 5.37. The second-order valence-corrected chi connectivity index (χ2v) is 5.27. The fourth-order valence-corrected chi connectivity index (χ4v) is 1.90. The van der Waals surface area contributed by atoms with Crippen molar-refractivity contribution in [2.75, 3.05) is 32.5 Å². The number of anilines is 1. The first-order valence-electron chi connectivity index (χ1n) is 5.62. The van der Waals surface area contributed by atoms with Crippen LogP contribution in [0.15, 0.2) is 12.1 Å². The van der Waals surface area contributed by atoms with Crippen molar-refractivity contribution in [3.05, 3.63) is 27.4 Å². The van der Waals surface area contributed by atoms with Gasteiger partial charge in [-0.1, -0.05) is 11.6 Å². The third-order valence-corrected chi connectivity index (χ3v) is 2.49. The molecule has 1 atom stereocenters. The normalized spacial score (nSPS) is 14.2. The molecule has 0 spiro atoms. The van der Waals surface area contributed by atoms with Crippen LogP contribution in [0.25, 0.3) is 0 Å². The van der Waals surface area contributed by atoms with E-state index in [-0.39, 0.29) is 23.2 Å². The van der Waals surface area contributed by atoms with Crippen LogP contribution in [0.1, 0.15) is 6.92 Å². The van der Waals surface area contributed by atoms with Crippen LogP contribution < -0.4 is 5.32 Å². The Balaban J connectivity index is 2.75. The zero-order valence-electron chi connectivity index (χ0n) is 11.1. The highest BCUT2D eigenvalue weighted by molar-refractivity contribution is 6.29. The highest BCUT2D eigenvalue weighted by Gasteiger charge is 2.21. The Morgan fingerprint density at radius 1 is 1.58 bits per heavy atom. The van der Waals surface area contributed by atoms with Gasteiger partial charge in [-0.3, -0.25) is 10.1 Å².